The molecule has 0 amide bonds. The standard InChI is InChI=1S/C5H8O2S/c1-7-5(6)3-2-4-8/h4H,2-3H2,1H3. The minimum absolute atomic E-state index is 0.203. The summed E-state index contributed by atoms with van der Waals surface area (Å²) >= 11 is 4.49. The highest BCUT2D eigenvalue weighted by Crippen LogP contribution is 1.86. The number of thiocarbonyl (C=S) groups is 1. The fourth-order valence-corrected chi connectivity index (χ4v) is 0.397. The second kappa shape index (κ2) is 4.71. The van der Waals surface area contributed by atoms with Gasteiger partial charge in [0.05, 0.1) is 7.11 Å². The molecule has 0 unspecified atom stereocenters. The predicted molar refractivity (Wildman–Crippen MR) is 34.9 cm³/mol. The number of hydrogen-bond donors (Lipinski definition) is 0. The molecule has 8 heavy (non-hydrogen) atoms. The van der Waals surface area contributed by atoms with Crippen LogP contribution in [0.15, 0.2) is 0 Å². The number of carbonyl (C=O) groups excluding carboxylic acids is 1. The van der Waals surface area contributed by atoms with Crippen LogP contribution < -0.4 is 0 Å². The maximum absolute atomic E-state index is 10.3. The van der Waals surface area contributed by atoms with Gasteiger partial charge in [-0.1, -0.05) is 12.2 Å². The van der Waals surface area contributed by atoms with Gasteiger partial charge in [-0.15, -0.1) is 0 Å². The molecule has 3 heteroatoms. The van der Waals surface area contributed by atoms with Crippen LogP contribution in [0.4, 0.5) is 0 Å². The summed E-state index contributed by atoms with van der Waals surface area (Å²) in [6, 6.07) is 0. The number of esters is 1. The third-order valence-electron chi connectivity index (χ3n) is 0.694. The molecule has 0 fully saturated rings. The van der Waals surface area contributed by atoms with Crippen LogP contribution in [0.3, 0.4) is 0 Å². The molecule has 0 radical (unpaired) electrons. The molecule has 0 aromatic rings. The second-order valence-corrected chi connectivity index (χ2v) is 1.61. The highest BCUT2D eigenvalue weighted by Gasteiger charge is 1.94. The highest BCUT2D eigenvalue weighted by atomic mass is 32.1. The quantitative estimate of drug-likeness (QED) is 0.422. The lowest BCUT2D eigenvalue weighted by Crippen LogP contribution is -1.98. The van der Waals surface area contributed by atoms with Crippen LogP contribution in [0.2, 0.25) is 0 Å². The van der Waals surface area contributed by atoms with Gasteiger partial charge in [-0.3, -0.25) is 4.79 Å². The number of ether oxygens (including phenoxy) is 1. The zero-order chi connectivity index (χ0) is 6.41. The Bertz CT molecular complexity index is 90.4. The average Bonchev–Trinajstić information content (AvgIpc) is 1.83. The molecule has 0 aromatic carbocycles. The van der Waals surface area contributed by atoms with Crippen LogP contribution in [0.25, 0.3) is 0 Å². The number of carbonyl (C=O) groups is 1. The minimum atomic E-state index is -0.203. The van der Waals surface area contributed by atoms with Crippen molar-refractivity contribution in [1.82, 2.24) is 0 Å². The van der Waals surface area contributed by atoms with Crippen molar-refractivity contribution in [2.75, 3.05) is 7.11 Å². The summed E-state index contributed by atoms with van der Waals surface area (Å²) in [5.74, 6) is -0.203. The molecule has 0 rings (SSSR count). The Hall–Kier alpha value is -0.440. The highest BCUT2D eigenvalue weighted by molar-refractivity contribution is 7.78. The maximum Gasteiger partial charge on any atom is 0.305 e. The van der Waals surface area contributed by atoms with E-state index in [1.54, 1.807) is 0 Å². The molecule has 0 heterocycles. The summed E-state index contributed by atoms with van der Waals surface area (Å²) < 4.78 is 4.35. The Labute approximate surface area is 53.8 Å². The van der Waals surface area contributed by atoms with Crippen LogP contribution in [-0.4, -0.2) is 18.4 Å². The smallest absolute Gasteiger partial charge is 0.305 e. The first-order valence-electron chi connectivity index (χ1n) is 2.31. The normalized spacial score (nSPS) is 8.12. The van der Waals surface area contributed by atoms with E-state index in [-0.39, 0.29) is 5.97 Å². The number of hydrogen-bond acceptors (Lipinski definition) is 3. The van der Waals surface area contributed by atoms with Gasteiger partial charge >= 0.3 is 5.97 Å². The lowest BCUT2D eigenvalue weighted by atomic mass is 10.3. The third kappa shape index (κ3) is 3.74. The van der Waals surface area contributed by atoms with Crippen molar-refractivity contribution in [2.45, 2.75) is 12.8 Å². The van der Waals surface area contributed by atoms with Gasteiger partial charge in [-0.2, -0.15) is 0 Å². The SMILES string of the molecule is COC(=O)CCC=S. The van der Waals surface area contributed by atoms with E-state index >= 15 is 0 Å². The van der Waals surface area contributed by atoms with E-state index in [0.29, 0.717) is 12.8 Å². The van der Waals surface area contributed by atoms with Gasteiger partial charge in [0.25, 0.3) is 0 Å². The molecule has 0 atom stereocenters. The van der Waals surface area contributed by atoms with Crippen molar-refractivity contribution in [3.63, 3.8) is 0 Å². The zero-order valence-corrected chi connectivity index (χ0v) is 5.53. The molecule has 0 aliphatic carbocycles. The molecule has 2 nitrogen and oxygen atoms in total. The molecule has 0 N–H and O–H groups in total. The van der Waals surface area contributed by atoms with Crippen molar-refractivity contribution >= 4 is 23.6 Å². The lowest BCUT2D eigenvalue weighted by Gasteiger charge is -1.91. The molecule has 0 saturated carbocycles. The molecule has 0 saturated heterocycles. The summed E-state index contributed by atoms with van der Waals surface area (Å²) in [4.78, 5) is 10.3. The lowest BCUT2D eigenvalue weighted by molar-refractivity contribution is -0.140. The Morgan fingerprint density at radius 3 is 2.88 bits per heavy atom. The molecule has 0 aliphatic heterocycles. The summed E-state index contributed by atoms with van der Waals surface area (Å²) in [7, 11) is 1.37. The molecule has 46 valence electrons. The zero-order valence-electron chi connectivity index (χ0n) is 4.72. The topological polar surface area (TPSA) is 26.3 Å². The van der Waals surface area contributed by atoms with Gasteiger partial charge in [0.2, 0.25) is 0 Å². The van der Waals surface area contributed by atoms with E-state index in [4.69, 9.17) is 0 Å². The first-order chi connectivity index (χ1) is 3.81. The van der Waals surface area contributed by atoms with E-state index in [2.05, 4.69) is 17.0 Å². The van der Waals surface area contributed by atoms with E-state index < -0.39 is 0 Å². The number of methoxy groups -OCH3 is 1. The Balaban J connectivity index is 3.11. The van der Waals surface area contributed by atoms with E-state index in [1.165, 1.54) is 12.5 Å². The first-order valence-corrected chi connectivity index (χ1v) is 2.79. The maximum atomic E-state index is 10.3. The van der Waals surface area contributed by atoms with Gasteiger partial charge in [-0.25, -0.2) is 0 Å². The minimum Gasteiger partial charge on any atom is -0.469 e. The first kappa shape index (κ1) is 7.56. The molecule has 0 bridgehead atoms. The van der Waals surface area contributed by atoms with Gasteiger partial charge in [0.15, 0.2) is 0 Å². The largest absolute Gasteiger partial charge is 0.469 e. The molecular weight excluding hydrogens is 124 g/mol. The van der Waals surface area contributed by atoms with Crippen molar-refractivity contribution in [2.24, 2.45) is 0 Å². The van der Waals surface area contributed by atoms with Gasteiger partial charge in [0, 0.05) is 6.42 Å². The van der Waals surface area contributed by atoms with Gasteiger partial charge in [-0.05, 0) is 11.8 Å². The average molecular weight is 132 g/mol. The van der Waals surface area contributed by atoms with Crippen LogP contribution >= 0.6 is 12.2 Å². The fourth-order valence-electron chi connectivity index (χ4n) is 0.279. The monoisotopic (exact) mass is 132 g/mol. The van der Waals surface area contributed by atoms with Crippen molar-refractivity contribution in [3.8, 4) is 0 Å². The summed E-state index contributed by atoms with van der Waals surface area (Å²) in [5.41, 5.74) is 0. The van der Waals surface area contributed by atoms with E-state index in [9.17, 15) is 4.79 Å². The summed E-state index contributed by atoms with van der Waals surface area (Å²) in [6.45, 7) is 0. The molecule has 0 spiro atoms. The van der Waals surface area contributed by atoms with Crippen LogP contribution in [0, 0.1) is 0 Å². The van der Waals surface area contributed by atoms with Crippen molar-refractivity contribution < 1.29 is 9.53 Å². The fraction of sp³-hybridized carbons (Fsp3) is 0.600. The predicted octanol–water partition coefficient (Wildman–Crippen LogP) is 0.939. The molecule has 0 aliphatic rings. The Morgan fingerprint density at radius 2 is 2.50 bits per heavy atom. The Kier molecular flexibility index (Phi) is 4.45. The van der Waals surface area contributed by atoms with Crippen molar-refractivity contribution in [3.05, 3.63) is 0 Å². The molecule has 0 aromatic heterocycles. The second-order valence-electron chi connectivity index (χ2n) is 1.28. The van der Waals surface area contributed by atoms with Gasteiger partial charge in [0.1, 0.15) is 0 Å². The van der Waals surface area contributed by atoms with Crippen LogP contribution in [0.5, 0.6) is 0 Å². The van der Waals surface area contributed by atoms with Crippen LogP contribution in [0.1, 0.15) is 12.8 Å². The summed E-state index contributed by atoms with van der Waals surface area (Å²) in [5, 5.41) is 1.52. The third-order valence-corrected chi connectivity index (χ3v) is 0.930. The van der Waals surface area contributed by atoms with E-state index in [0.717, 1.165) is 0 Å². The van der Waals surface area contributed by atoms with E-state index in [1.807, 2.05) is 0 Å². The number of rotatable bonds is 3. The van der Waals surface area contributed by atoms with Gasteiger partial charge < -0.3 is 4.74 Å². The van der Waals surface area contributed by atoms with Crippen molar-refractivity contribution in [1.29, 1.82) is 0 Å². The molecular formula is C5H8O2S. The van der Waals surface area contributed by atoms with Crippen LogP contribution in [-0.2, 0) is 9.53 Å². The Morgan fingerprint density at radius 1 is 1.88 bits per heavy atom. The summed E-state index contributed by atoms with van der Waals surface area (Å²) in [6.07, 6.45) is 1.03.